The molecular formula is C11H12N4O3. The molecule has 2 rings (SSSR count). The molecular weight excluding hydrogens is 236 g/mol. The maximum atomic E-state index is 10.7. The van der Waals surface area contributed by atoms with Crippen LogP contribution in [-0.4, -0.2) is 19.6 Å². The van der Waals surface area contributed by atoms with Crippen molar-refractivity contribution in [2.24, 2.45) is 7.05 Å². The van der Waals surface area contributed by atoms with Gasteiger partial charge in [0, 0.05) is 13.6 Å². The van der Waals surface area contributed by atoms with E-state index in [0.29, 0.717) is 12.4 Å². The fourth-order valence-electron chi connectivity index (χ4n) is 1.55. The highest BCUT2D eigenvalue weighted by atomic mass is 16.6. The Morgan fingerprint density at radius 1 is 1.44 bits per heavy atom. The summed E-state index contributed by atoms with van der Waals surface area (Å²) in [5.74, 6) is 0.342. The van der Waals surface area contributed by atoms with E-state index < -0.39 is 4.92 Å². The highest BCUT2D eigenvalue weighted by molar-refractivity contribution is 5.52. The van der Waals surface area contributed by atoms with Crippen molar-refractivity contribution in [2.75, 3.05) is 5.32 Å². The van der Waals surface area contributed by atoms with E-state index in [-0.39, 0.29) is 11.6 Å². The van der Waals surface area contributed by atoms with Gasteiger partial charge in [-0.1, -0.05) is 12.1 Å². The van der Waals surface area contributed by atoms with Gasteiger partial charge < -0.3 is 20.5 Å². The van der Waals surface area contributed by atoms with E-state index >= 15 is 0 Å². The molecule has 18 heavy (non-hydrogen) atoms. The monoisotopic (exact) mass is 248 g/mol. The average Bonchev–Trinajstić information content (AvgIpc) is 2.70. The first kappa shape index (κ1) is 11.9. The molecule has 7 nitrogen and oxygen atoms in total. The second kappa shape index (κ2) is 4.74. The molecule has 0 atom stereocenters. The number of anilines is 1. The number of rotatable bonds is 4. The van der Waals surface area contributed by atoms with Crippen LogP contribution in [0.25, 0.3) is 0 Å². The Kier molecular flexibility index (Phi) is 3.13. The number of imidazole rings is 1. The molecule has 0 saturated carbocycles. The van der Waals surface area contributed by atoms with E-state index in [4.69, 9.17) is 5.11 Å². The second-order valence-electron chi connectivity index (χ2n) is 3.80. The third-order valence-corrected chi connectivity index (χ3v) is 2.49. The van der Waals surface area contributed by atoms with Gasteiger partial charge in [0.1, 0.15) is 5.75 Å². The van der Waals surface area contributed by atoms with Gasteiger partial charge in [0.05, 0.1) is 0 Å². The largest absolute Gasteiger partial charge is 0.508 e. The van der Waals surface area contributed by atoms with Crippen molar-refractivity contribution in [3.05, 3.63) is 46.3 Å². The van der Waals surface area contributed by atoms with Crippen LogP contribution in [0.5, 0.6) is 5.75 Å². The number of aryl methyl sites for hydroxylation is 1. The lowest BCUT2D eigenvalue weighted by Crippen LogP contribution is -2.05. The first-order valence-corrected chi connectivity index (χ1v) is 5.25. The van der Waals surface area contributed by atoms with E-state index in [9.17, 15) is 10.1 Å². The highest BCUT2D eigenvalue weighted by Gasteiger charge is 2.19. The minimum atomic E-state index is -0.529. The smallest absolute Gasteiger partial charge is 0.406 e. The molecule has 0 saturated heterocycles. The van der Waals surface area contributed by atoms with Crippen LogP contribution in [-0.2, 0) is 13.6 Å². The highest BCUT2D eigenvalue weighted by Crippen LogP contribution is 2.21. The Bertz CT molecular complexity index is 562. The van der Waals surface area contributed by atoms with Crippen LogP contribution in [0, 0.1) is 10.1 Å². The molecule has 0 unspecified atom stereocenters. The normalized spacial score (nSPS) is 10.3. The number of hydrogen-bond donors (Lipinski definition) is 2. The van der Waals surface area contributed by atoms with Crippen molar-refractivity contribution < 1.29 is 10.0 Å². The standard InChI is InChI=1S/C11H12N4O3/c1-14-7-13-11(15(17)18)10(14)12-6-8-2-4-9(16)5-3-8/h2-5,7,12,16H,6H2,1H3. The molecule has 1 aromatic carbocycles. The topological polar surface area (TPSA) is 93.2 Å². The van der Waals surface area contributed by atoms with Gasteiger partial charge in [0.2, 0.25) is 12.1 Å². The molecule has 0 amide bonds. The molecule has 0 aliphatic heterocycles. The van der Waals surface area contributed by atoms with Gasteiger partial charge in [0.15, 0.2) is 0 Å². The predicted octanol–water partition coefficient (Wildman–Crippen LogP) is 1.65. The second-order valence-corrected chi connectivity index (χ2v) is 3.80. The number of hydrogen-bond acceptors (Lipinski definition) is 5. The van der Waals surface area contributed by atoms with Crippen LogP contribution in [0.1, 0.15) is 5.56 Å². The Morgan fingerprint density at radius 2 is 2.11 bits per heavy atom. The summed E-state index contributed by atoms with van der Waals surface area (Å²) in [5.41, 5.74) is 0.906. The van der Waals surface area contributed by atoms with E-state index in [0.717, 1.165) is 5.56 Å². The quantitative estimate of drug-likeness (QED) is 0.633. The van der Waals surface area contributed by atoms with Gasteiger partial charge in [-0.25, -0.2) is 0 Å². The molecule has 0 aliphatic rings. The van der Waals surface area contributed by atoms with Gasteiger partial charge in [-0.2, -0.15) is 0 Å². The number of aromatic hydroxyl groups is 1. The fraction of sp³-hybridized carbons (Fsp3) is 0.182. The zero-order chi connectivity index (χ0) is 13.1. The van der Waals surface area contributed by atoms with Crippen LogP contribution in [0.2, 0.25) is 0 Å². The van der Waals surface area contributed by atoms with Crippen molar-refractivity contribution in [1.82, 2.24) is 9.55 Å². The van der Waals surface area contributed by atoms with Crippen molar-refractivity contribution in [2.45, 2.75) is 6.54 Å². The third kappa shape index (κ3) is 2.40. The Balaban J connectivity index is 2.12. The third-order valence-electron chi connectivity index (χ3n) is 2.49. The number of nitrogens with one attached hydrogen (secondary N) is 1. The number of aromatic nitrogens is 2. The summed E-state index contributed by atoms with van der Waals surface area (Å²) in [4.78, 5) is 13.9. The van der Waals surface area contributed by atoms with Gasteiger partial charge >= 0.3 is 5.82 Å². The summed E-state index contributed by atoms with van der Waals surface area (Å²) in [5, 5.41) is 22.8. The van der Waals surface area contributed by atoms with E-state index in [1.165, 1.54) is 6.33 Å². The van der Waals surface area contributed by atoms with Gasteiger partial charge in [-0.3, -0.25) is 4.57 Å². The molecule has 0 spiro atoms. The van der Waals surface area contributed by atoms with E-state index in [1.54, 1.807) is 35.9 Å². The van der Waals surface area contributed by atoms with E-state index in [2.05, 4.69) is 10.3 Å². The molecule has 1 heterocycles. The summed E-state index contributed by atoms with van der Waals surface area (Å²) in [6.45, 7) is 0.417. The van der Waals surface area contributed by atoms with Crippen LogP contribution in [0.4, 0.5) is 11.6 Å². The summed E-state index contributed by atoms with van der Waals surface area (Å²) in [7, 11) is 1.68. The van der Waals surface area contributed by atoms with Gasteiger partial charge in [-0.05, 0) is 27.6 Å². The van der Waals surface area contributed by atoms with Crippen molar-refractivity contribution in [3.8, 4) is 5.75 Å². The zero-order valence-electron chi connectivity index (χ0n) is 9.70. The van der Waals surface area contributed by atoms with Crippen LogP contribution in [0.3, 0.4) is 0 Å². The number of benzene rings is 1. The van der Waals surface area contributed by atoms with Crippen LogP contribution >= 0.6 is 0 Å². The van der Waals surface area contributed by atoms with Gasteiger partial charge in [0.25, 0.3) is 0 Å². The Hall–Kier alpha value is -2.57. The predicted molar refractivity (Wildman–Crippen MR) is 65.3 cm³/mol. The number of phenolic OH excluding ortho intramolecular Hbond substituents is 1. The zero-order valence-corrected chi connectivity index (χ0v) is 9.70. The van der Waals surface area contributed by atoms with Crippen molar-refractivity contribution in [1.29, 1.82) is 0 Å². The number of phenols is 1. The molecule has 94 valence electrons. The van der Waals surface area contributed by atoms with Crippen LogP contribution in [0.15, 0.2) is 30.6 Å². The summed E-state index contributed by atoms with van der Waals surface area (Å²) < 4.78 is 1.55. The Labute approximate surface area is 103 Å². The number of nitrogens with zero attached hydrogens (tertiary/aromatic N) is 3. The van der Waals surface area contributed by atoms with E-state index in [1.807, 2.05) is 0 Å². The summed E-state index contributed by atoms with van der Waals surface area (Å²) in [6, 6.07) is 6.61. The first-order valence-electron chi connectivity index (χ1n) is 5.25. The molecule has 0 radical (unpaired) electrons. The summed E-state index contributed by atoms with van der Waals surface area (Å²) >= 11 is 0. The SMILES string of the molecule is Cn1cnc([N+](=O)[O-])c1NCc1ccc(O)cc1. The molecule has 0 fully saturated rings. The number of nitro groups is 1. The molecule has 1 aromatic heterocycles. The summed E-state index contributed by atoms with van der Waals surface area (Å²) in [6.07, 6.45) is 1.39. The van der Waals surface area contributed by atoms with Crippen LogP contribution < -0.4 is 5.32 Å². The lowest BCUT2D eigenvalue weighted by molar-refractivity contribution is -0.388. The molecule has 2 aromatic rings. The fourth-order valence-corrected chi connectivity index (χ4v) is 1.55. The minimum absolute atomic E-state index is 0.185. The molecule has 2 N–H and O–H groups in total. The lowest BCUT2D eigenvalue weighted by atomic mass is 10.2. The molecule has 7 heteroatoms. The maximum absolute atomic E-state index is 10.7. The average molecular weight is 248 g/mol. The molecule has 0 aliphatic carbocycles. The first-order chi connectivity index (χ1) is 8.58. The maximum Gasteiger partial charge on any atom is 0.406 e. The Morgan fingerprint density at radius 3 is 2.72 bits per heavy atom. The molecule has 0 bridgehead atoms. The minimum Gasteiger partial charge on any atom is -0.508 e. The van der Waals surface area contributed by atoms with Crippen molar-refractivity contribution in [3.63, 3.8) is 0 Å². The van der Waals surface area contributed by atoms with Gasteiger partial charge in [-0.15, -0.1) is 0 Å². The van der Waals surface area contributed by atoms with Crippen molar-refractivity contribution >= 4 is 11.6 Å². The lowest BCUT2D eigenvalue weighted by Gasteiger charge is -2.06.